The van der Waals surface area contributed by atoms with E-state index in [1.165, 1.54) is 4.80 Å². The zero-order chi connectivity index (χ0) is 19.3. The molecular weight excluding hydrogens is 389 g/mol. The molecule has 3 heterocycles. The van der Waals surface area contributed by atoms with Crippen LogP contribution in [-0.4, -0.2) is 38.2 Å². The number of Topliss-reactive ketones (excluding diaryl/α,β-unsaturated/α-hetero) is 1. The number of hydrogen-bond acceptors (Lipinski definition) is 4. The summed E-state index contributed by atoms with van der Waals surface area (Å²) < 4.78 is 0. The standard InChI is InChI=1S/C18H17Cl2N5O2/c1-8(26)3-9-6-21-14(27)5-11-15-10(13-7-22-25(2)24-13)4-12(19)16(20)18(15)23-17(9)11/h4,7,9,23H,3,5-6H2,1-2H3,(H,21,27). The number of rotatable bonds is 3. The summed E-state index contributed by atoms with van der Waals surface area (Å²) in [5, 5.41) is 13.0. The summed E-state index contributed by atoms with van der Waals surface area (Å²) in [5.41, 5.74) is 3.70. The summed E-state index contributed by atoms with van der Waals surface area (Å²) in [7, 11) is 1.73. The number of nitrogens with one attached hydrogen (secondary N) is 2. The molecule has 2 N–H and O–H groups in total. The first-order chi connectivity index (χ1) is 12.8. The van der Waals surface area contributed by atoms with Crippen molar-refractivity contribution in [2.24, 2.45) is 7.05 Å². The van der Waals surface area contributed by atoms with Gasteiger partial charge in [0.1, 0.15) is 11.5 Å². The van der Waals surface area contributed by atoms with Gasteiger partial charge >= 0.3 is 0 Å². The predicted molar refractivity (Wildman–Crippen MR) is 103 cm³/mol. The maximum absolute atomic E-state index is 12.3. The number of amides is 1. The first kappa shape index (κ1) is 18.0. The van der Waals surface area contributed by atoms with Crippen molar-refractivity contribution in [1.29, 1.82) is 0 Å². The Balaban J connectivity index is 2.04. The van der Waals surface area contributed by atoms with E-state index in [1.54, 1.807) is 26.2 Å². The van der Waals surface area contributed by atoms with E-state index >= 15 is 0 Å². The predicted octanol–water partition coefficient (Wildman–Crippen LogP) is 3.01. The van der Waals surface area contributed by atoms with E-state index in [9.17, 15) is 9.59 Å². The fourth-order valence-electron chi connectivity index (χ4n) is 3.69. The molecule has 1 aliphatic heterocycles. The van der Waals surface area contributed by atoms with Gasteiger partial charge in [-0.2, -0.15) is 15.0 Å². The molecular formula is C18H17Cl2N5O2. The number of fused-ring (bicyclic) bond motifs is 3. The summed E-state index contributed by atoms with van der Waals surface area (Å²) in [5.74, 6) is -0.195. The third kappa shape index (κ3) is 3.11. The average molecular weight is 406 g/mol. The molecule has 27 heavy (non-hydrogen) atoms. The molecule has 140 valence electrons. The van der Waals surface area contributed by atoms with Crippen molar-refractivity contribution in [3.63, 3.8) is 0 Å². The van der Waals surface area contributed by atoms with Crippen LogP contribution in [0.4, 0.5) is 0 Å². The number of carbonyl (C=O) groups excluding carboxylic acids is 2. The Labute approximate surface area is 165 Å². The van der Waals surface area contributed by atoms with Gasteiger partial charge in [-0.25, -0.2) is 0 Å². The SMILES string of the molecule is CC(=O)CC1CNC(=O)Cc2c1[nH]c1c(Cl)c(Cl)cc(-c3cnn(C)n3)c21. The maximum Gasteiger partial charge on any atom is 0.224 e. The molecule has 2 aromatic heterocycles. The lowest BCUT2D eigenvalue weighted by Gasteiger charge is -2.12. The molecule has 7 nitrogen and oxygen atoms in total. The first-order valence-electron chi connectivity index (χ1n) is 8.50. The third-order valence-corrected chi connectivity index (χ3v) is 5.59. The van der Waals surface area contributed by atoms with Crippen molar-refractivity contribution in [2.75, 3.05) is 6.54 Å². The third-order valence-electron chi connectivity index (χ3n) is 4.81. The highest BCUT2D eigenvalue weighted by Crippen LogP contribution is 2.42. The number of halogens is 2. The highest BCUT2D eigenvalue weighted by Gasteiger charge is 2.29. The van der Waals surface area contributed by atoms with E-state index in [4.69, 9.17) is 23.2 Å². The minimum Gasteiger partial charge on any atom is -0.357 e. The topological polar surface area (TPSA) is 92.7 Å². The Morgan fingerprint density at radius 3 is 2.85 bits per heavy atom. The van der Waals surface area contributed by atoms with E-state index in [1.807, 2.05) is 0 Å². The van der Waals surface area contributed by atoms with Crippen molar-refractivity contribution in [3.05, 3.63) is 33.6 Å². The number of benzene rings is 1. The molecule has 0 aliphatic carbocycles. The highest BCUT2D eigenvalue weighted by molar-refractivity contribution is 6.45. The molecule has 0 radical (unpaired) electrons. The smallest absolute Gasteiger partial charge is 0.224 e. The number of nitrogens with zero attached hydrogens (tertiary/aromatic N) is 3. The molecule has 1 aromatic carbocycles. The Morgan fingerprint density at radius 1 is 1.41 bits per heavy atom. The second-order valence-corrected chi connectivity index (χ2v) is 7.58. The second-order valence-electron chi connectivity index (χ2n) is 6.79. The van der Waals surface area contributed by atoms with Gasteiger partial charge in [0.05, 0.1) is 28.2 Å². The van der Waals surface area contributed by atoms with Crippen molar-refractivity contribution in [1.82, 2.24) is 25.3 Å². The summed E-state index contributed by atoms with van der Waals surface area (Å²) in [4.78, 5) is 28.9. The van der Waals surface area contributed by atoms with E-state index in [-0.39, 0.29) is 24.0 Å². The van der Waals surface area contributed by atoms with Gasteiger partial charge in [-0.15, -0.1) is 0 Å². The lowest BCUT2D eigenvalue weighted by molar-refractivity contribution is -0.121. The molecule has 1 atom stereocenters. The molecule has 1 unspecified atom stereocenters. The number of H-pyrrole nitrogens is 1. The number of aryl methyl sites for hydroxylation is 1. The minimum absolute atomic E-state index is 0.0547. The van der Waals surface area contributed by atoms with Gasteiger partial charge in [0.2, 0.25) is 5.91 Å². The Kier molecular flexibility index (Phi) is 4.44. The van der Waals surface area contributed by atoms with Crippen LogP contribution in [0.1, 0.15) is 30.5 Å². The maximum atomic E-state index is 12.3. The Hall–Kier alpha value is -2.38. The highest BCUT2D eigenvalue weighted by atomic mass is 35.5. The van der Waals surface area contributed by atoms with Crippen LogP contribution < -0.4 is 5.32 Å². The number of carbonyl (C=O) groups is 2. The number of ketones is 1. The molecule has 0 saturated carbocycles. The zero-order valence-corrected chi connectivity index (χ0v) is 16.3. The van der Waals surface area contributed by atoms with Crippen molar-refractivity contribution in [2.45, 2.75) is 25.7 Å². The zero-order valence-electron chi connectivity index (χ0n) is 14.8. The quantitative estimate of drug-likeness (QED) is 0.700. The van der Waals surface area contributed by atoms with Gasteiger partial charge in [-0.3, -0.25) is 4.79 Å². The van der Waals surface area contributed by atoms with Gasteiger partial charge in [-0.05, 0) is 18.6 Å². The number of aromatic nitrogens is 4. The van der Waals surface area contributed by atoms with Crippen LogP contribution in [0.15, 0.2) is 12.3 Å². The molecule has 3 aromatic rings. The summed E-state index contributed by atoms with van der Waals surface area (Å²) >= 11 is 12.8. The lowest BCUT2D eigenvalue weighted by Crippen LogP contribution is -2.27. The van der Waals surface area contributed by atoms with Gasteiger partial charge in [0, 0.05) is 42.6 Å². The van der Waals surface area contributed by atoms with Gasteiger partial charge in [0.15, 0.2) is 0 Å². The monoisotopic (exact) mass is 405 g/mol. The fraction of sp³-hybridized carbons (Fsp3) is 0.333. The van der Waals surface area contributed by atoms with Gasteiger partial charge in [0.25, 0.3) is 0 Å². The van der Waals surface area contributed by atoms with Crippen LogP contribution in [0.5, 0.6) is 0 Å². The first-order valence-corrected chi connectivity index (χ1v) is 9.26. The molecule has 0 saturated heterocycles. The van der Waals surface area contributed by atoms with Gasteiger partial charge < -0.3 is 15.1 Å². The fourth-order valence-corrected chi connectivity index (χ4v) is 4.09. The average Bonchev–Trinajstić information content (AvgIpc) is 3.15. The summed E-state index contributed by atoms with van der Waals surface area (Å²) in [6, 6.07) is 1.74. The Bertz CT molecular complexity index is 1090. The summed E-state index contributed by atoms with van der Waals surface area (Å²) in [6.45, 7) is 1.94. The van der Waals surface area contributed by atoms with Crippen molar-refractivity contribution in [3.8, 4) is 11.3 Å². The van der Waals surface area contributed by atoms with Crippen LogP contribution in [-0.2, 0) is 23.1 Å². The van der Waals surface area contributed by atoms with Crippen LogP contribution in [0.25, 0.3) is 22.2 Å². The van der Waals surface area contributed by atoms with Crippen molar-refractivity contribution < 1.29 is 9.59 Å². The van der Waals surface area contributed by atoms with E-state index < -0.39 is 0 Å². The van der Waals surface area contributed by atoms with Gasteiger partial charge in [-0.1, -0.05) is 23.2 Å². The Morgan fingerprint density at radius 2 is 2.19 bits per heavy atom. The molecule has 1 amide bonds. The van der Waals surface area contributed by atoms with Crippen LogP contribution in [0.2, 0.25) is 10.0 Å². The van der Waals surface area contributed by atoms with E-state index in [2.05, 4.69) is 20.5 Å². The molecule has 4 rings (SSSR count). The normalized spacial score (nSPS) is 16.9. The van der Waals surface area contributed by atoms with E-state index in [0.29, 0.717) is 34.2 Å². The summed E-state index contributed by atoms with van der Waals surface area (Å²) in [6.07, 6.45) is 2.16. The number of hydrogen-bond donors (Lipinski definition) is 2. The van der Waals surface area contributed by atoms with Crippen LogP contribution in [0, 0.1) is 0 Å². The minimum atomic E-state index is -0.152. The van der Waals surface area contributed by atoms with Crippen LogP contribution in [0.3, 0.4) is 0 Å². The molecule has 9 heteroatoms. The van der Waals surface area contributed by atoms with Crippen LogP contribution >= 0.6 is 23.2 Å². The largest absolute Gasteiger partial charge is 0.357 e. The molecule has 0 bridgehead atoms. The molecule has 1 aliphatic rings. The molecule has 0 fully saturated rings. The van der Waals surface area contributed by atoms with E-state index in [0.717, 1.165) is 22.2 Å². The van der Waals surface area contributed by atoms with Crippen molar-refractivity contribution >= 4 is 45.8 Å². The molecule has 0 spiro atoms. The number of aromatic amines is 1. The lowest BCUT2D eigenvalue weighted by atomic mass is 9.94. The second kappa shape index (κ2) is 6.65.